The van der Waals surface area contributed by atoms with E-state index in [4.69, 9.17) is 4.74 Å². The quantitative estimate of drug-likeness (QED) is 0.533. The highest BCUT2D eigenvalue weighted by Crippen LogP contribution is 2.50. The second kappa shape index (κ2) is 8.90. The van der Waals surface area contributed by atoms with E-state index in [1.165, 1.54) is 14.0 Å². The molecule has 7 heteroatoms. The molecule has 1 saturated heterocycles. The fraction of sp³-hybridized carbons (Fsp3) is 0.625. The van der Waals surface area contributed by atoms with Gasteiger partial charge < -0.3 is 30.3 Å². The molecule has 31 heavy (non-hydrogen) atoms. The van der Waals surface area contributed by atoms with Gasteiger partial charge in [-0.25, -0.2) is 0 Å². The number of methoxy groups -OCH3 is 1. The number of aliphatic hydroxyl groups is 3. The highest BCUT2D eigenvalue weighted by Gasteiger charge is 2.63. The van der Waals surface area contributed by atoms with Gasteiger partial charge in [-0.1, -0.05) is 11.6 Å². The third kappa shape index (κ3) is 4.65. The van der Waals surface area contributed by atoms with Gasteiger partial charge in [0.1, 0.15) is 0 Å². The minimum absolute atomic E-state index is 0.140. The van der Waals surface area contributed by atoms with Crippen LogP contribution in [0.25, 0.3) is 0 Å². The third-order valence-corrected chi connectivity index (χ3v) is 6.83. The van der Waals surface area contributed by atoms with Gasteiger partial charge in [-0.05, 0) is 64.3 Å². The molecule has 0 spiro atoms. The van der Waals surface area contributed by atoms with Crippen LogP contribution in [0.3, 0.4) is 0 Å². The summed E-state index contributed by atoms with van der Waals surface area (Å²) in [5.41, 5.74) is 0.161. The number of β-amino-alcohol motifs (C(OH)–C–C–N with tert-alkyl or cyclic N) is 1. The van der Waals surface area contributed by atoms with E-state index in [2.05, 4.69) is 16.3 Å². The van der Waals surface area contributed by atoms with E-state index in [0.29, 0.717) is 31.5 Å². The fourth-order valence-electron chi connectivity index (χ4n) is 5.44. The van der Waals surface area contributed by atoms with Gasteiger partial charge in [-0.2, -0.15) is 0 Å². The van der Waals surface area contributed by atoms with Crippen molar-refractivity contribution >= 4 is 17.3 Å². The van der Waals surface area contributed by atoms with Crippen LogP contribution in [0.2, 0.25) is 0 Å². The molecule has 0 aromatic heterocycles. The van der Waals surface area contributed by atoms with Crippen LogP contribution < -0.4 is 10.2 Å². The first-order chi connectivity index (χ1) is 14.5. The van der Waals surface area contributed by atoms with E-state index in [0.717, 1.165) is 11.3 Å². The first kappa shape index (κ1) is 23.7. The van der Waals surface area contributed by atoms with Gasteiger partial charge in [0, 0.05) is 37.9 Å². The number of fused-ring (bicyclic) bond motifs is 1. The first-order valence-corrected chi connectivity index (χ1v) is 10.9. The highest BCUT2D eigenvalue weighted by atomic mass is 16.5. The van der Waals surface area contributed by atoms with Gasteiger partial charge in [0.2, 0.25) is 5.91 Å². The zero-order valence-electron chi connectivity index (χ0n) is 19.1. The Morgan fingerprint density at radius 2 is 1.90 bits per heavy atom. The average Bonchev–Trinajstić information content (AvgIpc) is 2.68. The molecule has 1 aromatic carbocycles. The summed E-state index contributed by atoms with van der Waals surface area (Å²) in [7, 11) is 1.52. The number of carbonyl (C=O) groups is 1. The van der Waals surface area contributed by atoms with Crippen molar-refractivity contribution in [2.75, 3.05) is 23.9 Å². The maximum Gasteiger partial charge on any atom is 0.221 e. The number of aliphatic hydroxyl groups excluding tert-OH is 1. The molecule has 0 unspecified atom stereocenters. The van der Waals surface area contributed by atoms with Gasteiger partial charge in [-0.15, -0.1) is 0 Å². The molecule has 2 fully saturated rings. The normalized spacial score (nSPS) is 35.3. The highest BCUT2D eigenvalue weighted by molar-refractivity contribution is 5.88. The van der Waals surface area contributed by atoms with Crippen molar-refractivity contribution < 1.29 is 24.9 Å². The van der Waals surface area contributed by atoms with Crippen molar-refractivity contribution in [3.8, 4) is 0 Å². The molecule has 1 aromatic rings. The predicted molar refractivity (Wildman–Crippen MR) is 121 cm³/mol. The van der Waals surface area contributed by atoms with Crippen LogP contribution in [0.15, 0.2) is 35.9 Å². The number of allylic oxidation sites excluding steroid dienone is 1. The van der Waals surface area contributed by atoms with Gasteiger partial charge in [-0.3, -0.25) is 4.79 Å². The lowest BCUT2D eigenvalue weighted by Gasteiger charge is -2.61. The van der Waals surface area contributed by atoms with Crippen molar-refractivity contribution in [2.45, 2.75) is 76.4 Å². The number of benzene rings is 1. The van der Waals surface area contributed by atoms with E-state index in [-0.39, 0.29) is 11.9 Å². The van der Waals surface area contributed by atoms with Gasteiger partial charge in [0.25, 0.3) is 0 Å². The van der Waals surface area contributed by atoms with Crippen molar-refractivity contribution in [1.29, 1.82) is 0 Å². The Balaban J connectivity index is 2.03. The van der Waals surface area contributed by atoms with Crippen LogP contribution >= 0.6 is 0 Å². The zero-order valence-corrected chi connectivity index (χ0v) is 19.1. The second-order valence-electron chi connectivity index (χ2n) is 9.50. The summed E-state index contributed by atoms with van der Waals surface area (Å²) in [5, 5.41) is 36.8. The Labute approximate surface area is 184 Å². The molecule has 1 amide bonds. The third-order valence-electron chi connectivity index (χ3n) is 6.83. The molecule has 3 rings (SSSR count). The van der Waals surface area contributed by atoms with Gasteiger partial charge >= 0.3 is 0 Å². The standard InChI is InChI=1S/C24H36N2O5/c1-15(2)6-11-20-23(4,29)22-21(31-5)19(28)12-13-24(22,30)14-26(20)18-9-7-17(8-10-18)25-16(3)27/h6-10,19-22,28-30H,11-14H2,1-5H3,(H,25,27)/t19-,20+,21-,22-,23+,24+/m1/s1. The number of piperidine rings is 1. The Kier molecular flexibility index (Phi) is 6.81. The number of amides is 1. The summed E-state index contributed by atoms with van der Waals surface area (Å²) in [6, 6.07) is 7.10. The number of nitrogens with zero attached hydrogens (tertiary/aromatic N) is 1. The monoisotopic (exact) mass is 432 g/mol. The van der Waals surface area contributed by atoms with E-state index in [1.54, 1.807) is 6.92 Å². The largest absolute Gasteiger partial charge is 0.390 e. The lowest BCUT2D eigenvalue weighted by atomic mass is 9.59. The summed E-state index contributed by atoms with van der Waals surface area (Å²) in [4.78, 5) is 13.4. The van der Waals surface area contributed by atoms with Crippen molar-refractivity contribution in [1.82, 2.24) is 0 Å². The average molecular weight is 433 g/mol. The number of hydrogen-bond acceptors (Lipinski definition) is 6. The SMILES string of the molecule is CO[C@@H]1[C@H](O)CC[C@]2(O)CN(c3ccc(NC(C)=O)cc3)[C@@H](CC=C(C)C)[C@](C)(O)[C@@H]12. The van der Waals surface area contributed by atoms with Crippen LogP contribution in [-0.4, -0.2) is 64.3 Å². The van der Waals surface area contributed by atoms with E-state index in [1.807, 2.05) is 38.1 Å². The lowest BCUT2D eigenvalue weighted by molar-refractivity contribution is -0.232. The molecule has 7 nitrogen and oxygen atoms in total. The Bertz CT molecular complexity index is 818. The second-order valence-corrected chi connectivity index (χ2v) is 9.50. The molecule has 1 saturated carbocycles. The van der Waals surface area contributed by atoms with E-state index < -0.39 is 29.3 Å². The number of anilines is 2. The smallest absolute Gasteiger partial charge is 0.221 e. The number of ether oxygens (including phenoxy) is 1. The van der Waals surface area contributed by atoms with E-state index >= 15 is 0 Å². The molecule has 1 aliphatic carbocycles. The van der Waals surface area contributed by atoms with Crippen molar-refractivity contribution in [3.63, 3.8) is 0 Å². The number of rotatable bonds is 5. The van der Waals surface area contributed by atoms with Crippen LogP contribution in [0.5, 0.6) is 0 Å². The Hall–Kier alpha value is -1.93. The molecule has 1 heterocycles. The summed E-state index contributed by atoms with van der Waals surface area (Å²) >= 11 is 0. The first-order valence-electron chi connectivity index (χ1n) is 10.9. The molecule has 172 valence electrons. The van der Waals surface area contributed by atoms with Crippen LogP contribution in [0, 0.1) is 5.92 Å². The number of nitrogens with one attached hydrogen (secondary N) is 1. The number of carbonyl (C=O) groups excluding carboxylic acids is 1. The Morgan fingerprint density at radius 3 is 2.45 bits per heavy atom. The van der Waals surface area contributed by atoms with Gasteiger partial charge in [0.05, 0.1) is 29.5 Å². The molecule has 0 bridgehead atoms. The summed E-state index contributed by atoms with van der Waals surface area (Å²) in [6.07, 6.45) is 2.09. The molecule has 1 aliphatic heterocycles. The van der Waals surface area contributed by atoms with E-state index in [9.17, 15) is 20.1 Å². The summed E-state index contributed by atoms with van der Waals surface area (Å²) in [5.74, 6) is -0.766. The molecule has 4 N–H and O–H groups in total. The predicted octanol–water partition coefficient (Wildman–Crippen LogP) is 2.46. The summed E-state index contributed by atoms with van der Waals surface area (Å²) in [6.45, 7) is 7.56. The summed E-state index contributed by atoms with van der Waals surface area (Å²) < 4.78 is 5.60. The minimum Gasteiger partial charge on any atom is -0.390 e. The zero-order chi connectivity index (χ0) is 23.0. The minimum atomic E-state index is -1.32. The lowest BCUT2D eigenvalue weighted by Crippen LogP contribution is -2.75. The molecular weight excluding hydrogens is 396 g/mol. The maximum absolute atomic E-state index is 11.9. The van der Waals surface area contributed by atoms with Crippen molar-refractivity contribution in [3.05, 3.63) is 35.9 Å². The molecule has 2 aliphatic rings. The molecule has 0 radical (unpaired) electrons. The van der Waals surface area contributed by atoms with Gasteiger partial charge in [0.15, 0.2) is 0 Å². The number of hydrogen-bond donors (Lipinski definition) is 4. The Morgan fingerprint density at radius 1 is 1.26 bits per heavy atom. The molecular formula is C24H36N2O5. The van der Waals surface area contributed by atoms with Crippen molar-refractivity contribution in [2.24, 2.45) is 5.92 Å². The topological polar surface area (TPSA) is 102 Å². The van der Waals surface area contributed by atoms with Crippen LogP contribution in [0.1, 0.15) is 47.0 Å². The maximum atomic E-state index is 11.9. The van der Waals surface area contributed by atoms with Crippen LogP contribution in [0.4, 0.5) is 11.4 Å². The molecule has 6 atom stereocenters. The fourth-order valence-corrected chi connectivity index (χ4v) is 5.44. The van der Waals surface area contributed by atoms with Crippen LogP contribution in [-0.2, 0) is 9.53 Å².